The van der Waals surface area contributed by atoms with E-state index in [2.05, 4.69) is 11.7 Å². The molecule has 0 aromatic carbocycles. The van der Waals surface area contributed by atoms with Gasteiger partial charge in [-0.05, 0) is 33.2 Å². The Bertz CT molecular complexity index is 281. The number of piperidine rings is 1. The number of amides is 1. The molecule has 0 spiro atoms. The van der Waals surface area contributed by atoms with E-state index >= 15 is 0 Å². The SMILES string of the molecule is COC(=O)CN(C)CC(=O)N1CCCCC1C. The van der Waals surface area contributed by atoms with Gasteiger partial charge in [0.25, 0.3) is 0 Å². The van der Waals surface area contributed by atoms with Crippen LogP contribution < -0.4 is 0 Å². The molecule has 1 aliphatic heterocycles. The zero-order valence-corrected chi connectivity index (χ0v) is 10.9. The van der Waals surface area contributed by atoms with Crippen molar-refractivity contribution in [2.24, 2.45) is 0 Å². The van der Waals surface area contributed by atoms with Crippen molar-refractivity contribution in [3.05, 3.63) is 0 Å². The Morgan fingerprint density at radius 3 is 2.65 bits per heavy atom. The molecule has 1 unspecified atom stereocenters. The summed E-state index contributed by atoms with van der Waals surface area (Å²) >= 11 is 0. The molecule has 0 radical (unpaired) electrons. The number of nitrogens with zero attached hydrogens (tertiary/aromatic N) is 2. The van der Waals surface area contributed by atoms with E-state index in [0.717, 1.165) is 19.4 Å². The van der Waals surface area contributed by atoms with Gasteiger partial charge in [-0.25, -0.2) is 0 Å². The second kappa shape index (κ2) is 6.59. The number of carbonyl (C=O) groups is 2. The molecule has 0 aliphatic carbocycles. The third-order valence-electron chi connectivity index (χ3n) is 3.16. The third kappa shape index (κ3) is 4.34. The maximum absolute atomic E-state index is 12.0. The molecule has 0 aromatic heterocycles. The second-order valence-corrected chi connectivity index (χ2v) is 4.68. The molecule has 0 bridgehead atoms. The summed E-state index contributed by atoms with van der Waals surface area (Å²) in [4.78, 5) is 26.7. The van der Waals surface area contributed by atoms with E-state index in [1.54, 1.807) is 11.9 Å². The minimum Gasteiger partial charge on any atom is -0.468 e. The predicted molar refractivity (Wildman–Crippen MR) is 64.5 cm³/mol. The molecule has 1 amide bonds. The van der Waals surface area contributed by atoms with E-state index < -0.39 is 0 Å². The first-order valence-corrected chi connectivity index (χ1v) is 6.09. The van der Waals surface area contributed by atoms with Gasteiger partial charge in [0.2, 0.25) is 5.91 Å². The van der Waals surface area contributed by atoms with Crippen LogP contribution in [0.2, 0.25) is 0 Å². The lowest BCUT2D eigenvalue weighted by Crippen LogP contribution is -2.46. The number of esters is 1. The first kappa shape index (κ1) is 14.0. The Morgan fingerprint density at radius 1 is 1.35 bits per heavy atom. The van der Waals surface area contributed by atoms with Crippen molar-refractivity contribution in [1.29, 1.82) is 0 Å². The number of ether oxygens (including phenoxy) is 1. The van der Waals surface area contributed by atoms with Crippen LogP contribution in [0, 0.1) is 0 Å². The normalized spacial score (nSPS) is 20.5. The second-order valence-electron chi connectivity index (χ2n) is 4.68. The molecular formula is C12H22N2O3. The zero-order valence-electron chi connectivity index (χ0n) is 10.9. The van der Waals surface area contributed by atoms with Gasteiger partial charge in [0.1, 0.15) is 0 Å². The Kier molecular flexibility index (Phi) is 5.41. The van der Waals surface area contributed by atoms with Crippen LogP contribution in [0.5, 0.6) is 0 Å². The summed E-state index contributed by atoms with van der Waals surface area (Å²) in [5.41, 5.74) is 0. The molecule has 98 valence electrons. The molecule has 5 nitrogen and oxygen atoms in total. The molecule has 1 aliphatic rings. The van der Waals surface area contributed by atoms with Crippen LogP contribution >= 0.6 is 0 Å². The van der Waals surface area contributed by atoms with Crippen LogP contribution in [-0.4, -0.2) is 61.5 Å². The summed E-state index contributed by atoms with van der Waals surface area (Å²) in [6, 6.07) is 0.322. The lowest BCUT2D eigenvalue weighted by Gasteiger charge is -2.34. The maximum atomic E-state index is 12.0. The van der Waals surface area contributed by atoms with Crippen molar-refractivity contribution in [2.45, 2.75) is 32.2 Å². The fraction of sp³-hybridized carbons (Fsp3) is 0.833. The first-order chi connectivity index (χ1) is 8.04. The van der Waals surface area contributed by atoms with Gasteiger partial charge < -0.3 is 9.64 Å². The molecule has 1 saturated heterocycles. The van der Waals surface area contributed by atoms with Gasteiger partial charge in [-0.1, -0.05) is 0 Å². The average molecular weight is 242 g/mol. The molecule has 0 aromatic rings. The monoisotopic (exact) mass is 242 g/mol. The number of hydrogen-bond acceptors (Lipinski definition) is 4. The lowest BCUT2D eigenvalue weighted by atomic mass is 10.0. The van der Waals surface area contributed by atoms with E-state index in [-0.39, 0.29) is 25.0 Å². The Labute approximate surface area is 103 Å². The van der Waals surface area contributed by atoms with E-state index in [9.17, 15) is 9.59 Å². The van der Waals surface area contributed by atoms with Crippen molar-refractivity contribution < 1.29 is 14.3 Å². The minimum atomic E-state index is -0.313. The maximum Gasteiger partial charge on any atom is 0.319 e. The highest BCUT2D eigenvalue weighted by molar-refractivity contribution is 5.79. The topological polar surface area (TPSA) is 49.9 Å². The number of methoxy groups -OCH3 is 1. The van der Waals surface area contributed by atoms with Crippen LogP contribution in [0.4, 0.5) is 0 Å². The molecular weight excluding hydrogens is 220 g/mol. The van der Waals surface area contributed by atoms with Gasteiger partial charge in [-0.2, -0.15) is 0 Å². The van der Waals surface area contributed by atoms with Gasteiger partial charge in [0.05, 0.1) is 20.2 Å². The zero-order chi connectivity index (χ0) is 12.8. The van der Waals surface area contributed by atoms with E-state index in [1.807, 2.05) is 4.90 Å². The summed E-state index contributed by atoms with van der Waals surface area (Å²) in [5, 5.41) is 0. The molecule has 0 N–H and O–H groups in total. The highest BCUT2D eigenvalue weighted by atomic mass is 16.5. The fourth-order valence-corrected chi connectivity index (χ4v) is 2.13. The quantitative estimate of drug-likeness (QED) is 0.673. The molecule has 1 heterocycles. The number of likely N-dealkylation sites (N-methyl/N-ethyl adjacent to an activating group) is 1. The summed E-state index contributed by atoms with van der Waals surface area (Å²) in [7, 11) is 3.11. The summed E-state index contributed by atoms with van der Waals surface area (Å²) < 4.78 is 4.56. The van der Waals surface area contributed by atoms with Crippen LogP contribution in [0.15, 0.2) is 0 Å². The molecule has 1 atom stereocenters. The largest absolute Gasteiger partial charge is 0.468 e. The van der Waals surface area contributed by atoms with Gasteiger partial charge in [0.15, 0.2) is 0 Å². The van der Waals surface area contributed by atoms with Crippen LogP contribution in [-0.2, 0) is 14.3 Å². The van der Waals surface area contributed by atoms with E-state index in [0.29, 0.717) is 6.04 Å². The highest BCUT2D eigenvalue weighted by Crippen LogP contribution is 2.16. The average Bonchev–Trinajstić information content (AvgIpc) is 2.29. The van der Waals surface area contributed by atoms with Crippen molar-refractivity contribution in [1.82, 2.24) is 9.80 Å². The first-order valence-electron chi connectivity index (χ1n) is 6.09. The van der Waals surface area contributed by atoms with E-state index in [4.69, 9.17) is 0 Å². The standard InChI is InChI=1S/C12H22N2O3/c1-10-6-4-5-7-14(10)11(15)8-13(2)9-12(16)17-3/h10H,4-9H2,1-3H3. The summed E-state index contributed by atoms with van der Waals surface area (Å²) in [6.07, 6.45) is 3.35. The van der Waals surface area contributed by atoms with Gasteiger partial charge in [0, 0.05) is 12.6 Å². The van der Waals surface area contributed by atoms with E-state index in [1.165, 1.54) is 13.5 Å². The van der Waals surface area contributed by atoms with Gasteiger partial charge >= 0.3 is 5.97 Å². The molecule has 1 fully saturated rings. The van der Waals surface area contributed by atoms with Crippen molar-refractivity contribution in [3.8, 4) is 0 Å². The number of carbonyl (C=O) groups excluding carboxylic acids is 2. The Hall–Kier alpha value is -1.10. The van der Waals surface area contributed by atoms with Crippen molar-refractivity contribution in [3.63, 3.8) is 0 Å². The van der Waals surface area contributed by atoms with Gasteiger partial charge in [-0.15, -0.1) is 0 Å². The predicted octanol–water partition coefficient (Wildman–Crippen LogP) is 0.492. The number of rotatable bonds is 4. The summed E-state index contributed by atoms with van der Waals surface area (Å²) in [6.45, 7) is 3.35. The molecule has 5 heteroatoms. The molecule has 17 heavy (non-hydrogen) atoms. The highest BCUT2D eigenvalue weighted by Gasteiger charge is 2.24. The smallest absolute Gasteiger partial charge is 0.319 e. The minimum absolute atomic E-state index is 0.101. The fourth-order valence-electron chi connectivity index (χ4n) is 2.13. The van der Waals surface area contributed by atoms with Crippen LogP contribution in [0.1, 0.15) is 26.2 Å². The Balaban J connectivity index is 2.39. The lowest BCUT2D eigenvalue weighted by molar-refractivity contribution is -0.142. The van der Waals surface area contributed by atoms with Gasteiger partial charge in [-0.3, -0.25) is 14.5 Å². The molecule has 1 rings (SSSR count). The Morgan fingerprint density at radius 2 is 2.06 bits per heavy atom. The van der Waals surface area contributed by atoms with Crippen LogP contribution in [0.3, 0.4) is 0 Å². The third-order valence-corrected chi connectivity index (χ3v) is 3.16. The number of likely N-dealkylation sites (tertiary alicyclic amines) is 1. The molecule has 0 saturated carbocycles. The number of hydrogen-bond donors (Lipinski definition) is 0. The van der Waals surface area contributed by atoms with Crippen molar-refractivity contribution in [2.75, 3.05) is 33.8 Å². The van der Waals surface area contributed by atoms with Crippen LogP contribution in [0.25, 0.3) is 0 Å². The summed E-state index contributed by atoms with van der Waals surface area (Å²) in [5.74, 6) is -0.212. The van der Waals surface area contributed by atoms with Crippen molar-refractivity contribution >= 4 is 11.9 Å².